The third-order valence-electron chi connectivity index (χ3n) is 4.02. The van der Waals surface area contributed by atoms with Crippen molar-refractivity contribution in [2.24, 2.45) is 5.10 Å². The van der Waals surface area contributed by atoms with Gasteiger partial charge in [0, 0.05) is 11.1 Å². The Balaban J connectivity index is 1.69. The maximum Gasteiger partial charge on any atom is 0.258 e. The highest BCUT2D eigenvalue weighted by Gasteiger charge is 2.16. The molecule has 0 saturated heterocycles. The van der Waals surface area contributed by atoms with Crippen LogP contribution in [0.4, 0.5) is 5.69 Å². The first-order valence-corrected chi connectivity index (χ1v) is 8.62. The van der Waals surface area contributed by atoms with E-state index in [1.54, 1.807) is 24.3 Å². The second-order valence-corrected chi connectivity index (χ2v) is 5.92. The fraction of sp³-hybridized carbons (Fsp3) is 0. The zero-order valence-electron chi connectivity index (χ0n) is 14.8. The Bertz CT molecular complexity index is 1130. The Morgan fingerprint density at radius 1 is 0.893 bits per heavy atom. The minimum Gasteiger partial charge on any atom is -0.334 e. The SMILES string of the molecule is N#Cc1ccc(-c2nc(/C(=N/Nc3ccccc3)c3ccccc3)no2)cc1. The fourth-order valence-electron chi connectivity index (χ4n) is 2.60. The van der Waals surface area contributed by atoms with Gasteiger partial charge in [-0.25, -0.2) is 0 Å². The minimum atomic E-state index is 0.364. The minimum absolute atomic E-state index is 0.364. The summed E-state index contributed by atoms with van der Waals surface area (Å²) in [4.78, 5) is 4.49. The molecule has 28 heavy (non-hydrogen) atoms. The van der Waals surface area contributed by atoms with Crippen LogP contribution in [0.1, 0.15) is 17.0 Å². The molecule has 1 aromatic heterocycles. The summed E-state index contributed by atoms with van der Waals surface area (Å²) in [5.41, 5.74) is 6.62. The Morgan fingerprint density at radius 2 is 1.57 bits per heavy atom. The van der Waals surface area contributed by atoms with Crippen molar-refractivity contribution < 1.29 is 4.52 Å². The molecular formula is C22H15N5O. The molecular weight excluding hydrogens is 350 g/mol. The molecule has 0 bridgehead atoms. The lowest BCUT2D eigenvalue weighted by Gasteiger charge is -2.04. The highest BCUT2D eigenvalue weighted by atomic mass is 16.5. The smallest absolute Gasteiger partial charge is 0.258 e. The van der Waals surface area contributed by atoms with Gasteiger partial charge in [-0.2, -0.15) is 15.3 Å². The van der Waals surface area contributed by atoms with Gasteiger partial charge in [-0.3, -0.25) is 5.43 Å². The number of hydrogen-bond acceptors (Lipinski definition) is 6. The molecule has 6 nitrogen and oxygen atoms in total. The first-order valence-electron chi connectivity index (χ1n) is 8.62. The molecule has 0 amide bonds. The average Bonchev–Trinajstić information content (AvgIpc) is 3.25. The van der Waals surface area contributed by atoms with Gasteiger partial charge in [0.1, 0.15) is 5.71 Å². The third kappa shape index (κ3) is 3.79. The van der Waals surface area contributed by atoms with Gasteiger partial charge in [0.2, 0.25) is 5.82 Å². The predicted molar refractivity (Wildman–Crippen MR) is 107 cm³/mol. The molecule has 6 heteroatoms. The number of hydrogen-bond donors (Lipinski definition) is 1. The molecule has 0 aliphatic heterocycles. The summed E-state index contributed by atoms with van der Waals surface area (Å²) in [6.45, 7) is 0. The zero-order chi connectivity index (χ0) is 19.2. The van der Waals surface area contributed by atoms with E-state index in [2.05, 4.69) is 26.7 Å². The monoisotopic (exact) mass is 365 g/mol. The van der Waals surface area contributed by atoms with Gasteiger partial charge in [0.15, 0.2) is 0 Å². The lowest BCUT2D eigenvalue weighted by atomic mass is 10.1. The normalized spacial score (nSPS) is 11.0. The average molecular weight is 365 g/mol. The van der Waals surface area contributed by atoms with Gasteiger partial charge >= 0.3 is 0 Å². The predicted octanol–water partition coefficient (Wildman–Crippen LogP) is 4.47. The Morgan fingerprint density at radius 3 is 2.25 bits per heavy atom. The van der Waals surface area contributed by atoms with E-state index in [1.807, 2.05) is 60.7 Å². The van der Waals surface area contributed by atoms with E-state index < -0.39 is 0 Å². The number of para-hydroxylation sites is 1. The molecule has 1 heterocycles. The maximum atomic E-state index is 8.93. The van der Waals surface area contributed by atoms with Crippen LogP contribution < -0.4 is 5.43 Å². The van der Waals surface area contributed by atoms with Crippen LogP contribution in [0.25, 0.3) is 11.5 Å². The van der Waals surface area contributed by atoms with Gasteiger partial charge in [0.25, 0.3) is 5.89 Å². The van der Waals surface area contributed by atoms with Gasteiger partial charge < -0.3 is 4.52 Å². The van der Waals surface area contributed by atoms with E-state index in [0.717, 1.165) is 16.8 Å². The van der Waals surface area contributed by atoms with Crippen molar-refractivity contribution in [3.05, 3.63) is 102 Å². The number of nitriles is 1. The van der Waals surface area contributed by atoms with Gasteiger partial charge in [-0.05, 0) is 36.4 Å². The summed E-state index contributed by atoms with van der Waals surface area (Å²) in [6.07, 6.45) is 0. The lowest BCUT2D eigenvalue weighted by Crippen LogP contribution is -2.08. The van der Waals surface area contributed by atoms with Crippen LogP contribution in [0, 0.1) is 11.3 Å². The first kappa shape index (κ1) is 17.2. The van der Waals surface area contributed by atoms with Crippen molar-refractivity contribution in [3.63, 3.8) is 0 Å². The van der Waals surface area contributed by atoms with E-state index >= 15 is 0 Å². The van der Waals surface area contributed by atoms with Crippen LogP contribution in [-0.4, -0.2) is 15.9 Å². The summed E-state index contributed by atoms with van der Waals surface area (Å²) >= 11 is 0. The van der Waals surface area contributed by atoms with E-state index in [-0.39, 0.29) is 0 Å². The largest absolute Gasteiger partial charge is 0.334 e. The number of nitrogens with one attached hydrogen (secondary N) is 1. The molecule has 1 N–H and O–H groups in total. The van der Waals surface area contributed by atoms with Crippen LogP contribution >= 0.6 is 0 Å². The number of benzene rings is 3. The molecule has 4 rings (SSSR count). The quantitative estimate of drug-likeness (QED) is 0.416. The Hall–Kier alpha value is -4.24. The van der Waals surface area contributed by atoms with Crippen LogP contribution in [-0.2, 0) is 0 Å². The summed E-state index contributed by atoms with van der Waals surface area (Å²) in [6, 6.07) is 28.4. The molecule has 0 aliphatic rings. The van der Waals surface area contributed by atoms with Gasteiger partial charge in [-0.15, -0.1) is 0 Å². The fourth-order valence-corrected chi connectivity index (χ4v) is 2.60. The summed E-state index contributed by atoms with van der Waals surface area (Å²) in [5.74, 6) is 0.733. The molecule has 0 unspecified atom stereocenters. The summed E-state index contributed by atoms with van der Waals surface area (Å²) in [5, 5.41) is 17.5. The van der Waals surface area contributed by atoms with Crippen molar-refractivity contribution in [1.29, 1.82) is 5.26 Å². The molecule has 0 radical (unpaired) electrons. The molecule has 0 saturated carbocycles. The van der Waals surface area contributed by atoms with Crippen molar-refractivity contribution in [1.82, 2.24) is 10.1 Å². The number of rotatable bonds is 5. The molecule has 0 fully saturated rings. The van der Waals surface area contributed by atoms with E-state index in [1.165, 1.54) is 0 Å². The van der Waals surface area contributed by atoms with Gasteiger partial charge in [0.05, 0.1) is 17.3 Å². The van der Waals surface area contributed by atoms with Crippen LogP contribution in [0.15, 0.2) is 94.6 Å². The topological polar surface area (TPSA) is 87.1 Å². The summed E-state index contributed by atoms with van der Waals surface area (Å²) < 4.78 is 5.43. The van der Waals surface area contributed by atoms with Crippen LogP contribution in [0.2, 0.25) is 0 Å². The number of anilines is 1. The van der Waals surface area contributed by atoms with E-state index in [4.69, 9.17) is 9.78 Å². The third-order valence-corrected chi connectivity index (χ3v) is 4.02. The highest BCUT2D eigenvalue weighted by molar-refractivity contribution is 6.10. The molecule has 3 aromatic carbocycles. The second kappa shape index (κ2) is 7.98. The Labute approximate surface area is 161 Å². The number of hydrazone groups is 1. The van der Waals surface area contributed by atoms with Crippen molar-refractivity contribution in [2.45, 2.75) is 0 Å². The van der Waals surface area contributed by atoms with E-state index in [0.29, 0.717) is 23.0 Å². The summed E-state index contributed by atoms with van der Waals surface area (Å²) in [7, 11) is 0. The standard InChI is InChI=1S/C22H15N5O/c23-15-16-11-13-18(14-12-16)22-24-21(27-28-22)20(17-7-3-1-4-8-17)26-25-19-9-5-2-6-10-19/h1-14,25H/b26-20+. The lowest BCUT2D eigenvalue weighted by molar-refractivity contribution is 0.429. The second-order valence-electron chi connectivity index (χ2n) is 5.92. The van der Waals surface area contributed by atoms with Gasteiger partial charge in [-0.1, -0.05) is 53.7 Å². The first-order chi connectivity index (χ1) is 13.8. The zero-order valence-corrected chi connectivity index (χ0v) is 14.8. The Kier molecular flexibility index (Phi) is 4.90. The van der Waals surface area contributed by atoms with Crippen molar-refractivity contribution >= 4 is 11.4 Å². The molecule has 0 spiro atoms. The highest BCUT2D eigenvalue weighted by Crippen LogP contribution is 2.19. The number of aromatic nitrogens is 2. The maximum absolute atomic E-state index is 8.93. The number of nitrogens with zero attached hydrogens (tertiary/aromatic N) is 4. The van der Waals surface area contributed by atoms with Crippen LogP contribution in [0.3, 0.4) is 0 Å². The molecule has 0 atom stereocenters. The molecule has 4 aromatic rings. The van der Waals surface area contributed by atoms with Crippen LogP contribution in [0.5, 0.6) is 0 Å². The molecule has 134 valence electrons. The van der Waals surface area contributed by atoms with E-state index in [9.17, 15) is 0 Å². The van der Waals surface area contributed by atoms with Crippen molar-refractivity contribution in [3.8, 4) is 17.5 Å². The van der Waals surface area contributed by atoms with Crippen molar-refractivity contribution in [2.75, 3.05) is 5.43 Å². The molecule has 0 aliphatic carbocycles.